The SMILES string of the molecule is O=C(O)c1csc(SCCN2C(=O)CC[C@@H]2CN2CCC3=C(CC4=CNCC=C4N3)C2)n1. The van der Waals surface area contributed by atoms with E-state index in [2.05, 4.69) is 32.8 Å². The second kappa shape index (κ2) is 9.29. The largest absolute Gasteiger partial charge is 0.476 e. The van der Waals surface area contributed by atoms with E-state index >= 15 is 0 Å². The molecule has 1 aromatic rings. The third kappa shape index (κ3) is 4.57. The fraction of sp³-hybridized carbons (Fsp3) is 0.500. The predicted molar refractivity (Wildman–Crippen MR) is 125 cm³/mol. The van der Waals surface area contributed by atoms with Crippen LogP contribution >= 0.6 is 23.1 Å². The number of nitrogens with one attached hydrogen (secondary N) is 2. The molecule has 4 aliphatic heterocycles. The second-order valence-electron chi connectivity index (χ2n) is 8.50. The highest BCUT2D eigenvalue weighted by Crippen LogP contribution is 2.32. The predicted octanol–water partition coefficient (Wildman–Crippen LogP) is 2.25. The van der Waals surface area contributed by atoms with Gasteiger partial charge in [-0.1, -0.05) is 11.8 Å². The third-order valence-electron chi connectivity index (χ3n) is 6.44. The van der Waals surface area contributed by atoms with Crippen molar-refractivity contribution in [3.8, 4) is 0 Å². The van der Waals surface area contributed by atoms with Crippen molar-refractivity contribution in [2.45, 2.75) is 36.1 Å². The number of fused-ring (bicyclic) bond motifs is 1. The molecule has 1 fully saturated rings. The van der Waals surface area contributed by atoms with Crippen LogP contribution in [0.5, 0.6) is 0 Å². The van der Waals surface area contributed by atoms with Gasteiger partial charge in [0.1, 0.15) is 0 Å². The van der Waals surface area contributed by atoms with Crippen molar-refractivity contribution in [2.75, 3.05) is 38.5 Å². The number of rotatable bonds is 7. The molecular formula is C22H27N5O3S2. The Balaban J connectivity index is 1.15. The van der Waals surface area contributed by atoms with Crippen LogP contribution in [0, 0.1) is 0 Å². The number of nitrogens with zero attached hydrogens (tertiary/aromatic N) is 3. The molecule has 1 saturated heterocycles. The Morgan fingerprint density at radius 1 is 1.38 bits per heavy atom. The van der Waals surface area contributed by atoms with Gasteiger partial charge in [0.25, 0.3) is 0 Å². The molecule has 0 radical (unpaired) electrons. The normalized spacial score (nSPS) is 23.2. The van der Waals surface area contributed by atoms with E-state index in [-0.39, 0.29) is 17.6 Å². The highest BCUT2D eigenvalue weighted by molar-refractivity contribution is 8.01. The van der Waals surface area contributed by atoms with E-state index in [1.54, 1.807) is 5.38 Å². The van der Waals surface area contributed by atoms with E-state index < -0.39 is 5.97 Å². The first-order valence-electron chi connectivity index (χ1n) is 11.0. The van der Waals surface area contributed by atoms with Gasteiger partial charge < -0.3 is 20.6 Å². The summed E-state index contributed by atoms with van der Waals surface area (Å²) in [6.07, 6.45) is 7.90. The summed E-state index contributed by atoms with van der Waals surface area (Å²) >= 11 is 2.87. The van der Waals surface area contributed by atoms with E-state index in [4.69, 9.17) is 5.11 Å². The van der Waals surface area contributed by atoms with Crippen LogP contribution in [0.2, 0.25) is 0 Å². The Morgan fingerprint density at radius 3 is 3.12 bits per heavy atom. The lowest BCUT2D eigenvalue weighted by molar-refractivity contribution is -0.128. The topological polar surface area (TPSA) is 97.8 Å². The zero-order valence-corrected chi connectivity index (χ0v) is 19.4. The monoisotopic (exact) mass is 473 g/mol. The number of hydrogen-bond acceptors (Lipinski definition) is 8. The van der Waals surface area contributed by atoms with Crippen molar-refractivity contribution in [2.24, 2.45) is 0 Å². The molecule has 5 rings (SSSR count). The Bertz CT molecular complexity index is 1010. The van der Waals surface area contributed by atoms with Gasteiger partial charge in [-0.05, 0) is 23.6 Å². The van der Waals surface area contributed by atoms with E-state index in [0.717, 1.165) is 55.5 Å². The van der Waals surface area contributed by atoms with E-state index in [9.17, 15) is 9.59 Å². The minimum atomic E-state index is -1.00. The molecule has 4 aliphatic rings. The van der Waals surface area contributed by atoms with Gasteiger partial charge in [0.2, 0.25) is 5.91 Å². The van der Waals surface area contributed by atoms with Gasteiger partial charge in [0.15, 0.2) is 10.0 Å². The second-order valence-corrected chi connectivity index (χ2v) is 10.7. The smallest absolute Gasteiger partial charge is 0.355 e. The maximum Gasteiger partial charge on any atom is 0.355 e. The van der Waals surface area contributed by atoms with E-state index in [1.165, 1.54) is 45.6 Å². The van der Waals surface area contributed by atoms with Gasteiger partial charge in [-0.2, -0.15) is 0 Å². The first-order valence-corrected chi connectivity index (χ1v) is 12.9. The van der Waals surface area contributed by atoms with Crippen LogP contribution in [0.1, 0.15) is 36.2 Å². The molecule has 5 heterocycles. The number of allylic oxidation sites excluding steroid dienone is 1. The number of hydrogen-bond donors (Lipinski definition) is 3. The maximum absolute atomic E-state index is 12.5. The summed E-state index contributed by atoms with van der Waals surface area (Å²) in [7, 11) is 0. The Hall–Kier alpha value is -2.30. The number of likely N-dealkylation sites (tertiary alicyclic amines) is 1. The fourth-order valence-corrected chi connectivity index (χ4v) is 6.63. The Labute approximate surface area is 195 Å². The van der Waals surface area contributed by atoms with Crippen molar-refractivity contribution in [1.82, 2.24) is 25.4 Å². The van der Waals surface area contributed by atoms with Gasteiger partial charge >= 0.3 is 5.97 Å². The minimum absolute atomic E-state index is 0.0889. The Morgan fingerprint density at radius 2 is 2.28 bits per heavy atom. The van der Waals surface area contributed by atoms with E-state index in [0.29, 0.717) is 13.0 Å². The van der Waals surface area contributed by atoms with Crippen LogP contribution in [-0.4, -0.2) is 76.3 Å². The van der Waals surface area contributed by atoms with Crippen LogP contribution in [0.4, 0.5) is 0 Å². The van der Waals surface area contributed by atoms with Crippen LogP contribution in [-0.2, 0) is 4.79 Å². The number of carboxylic acid groups (broad SMARTS) is 1. The van der Waals surface area contributed by atoms with Crippen molar-refractivity contribution in [1.29, 1.82) is 0 Å². The number of carbonyl (C=O) groups excluding carboxylic acids is 1. The maximum atomic E-state index is 12.5. The molecule has 0 aliphatic carbocycles. The molecular weight excluding hydrogens is 446 g/mol. The number of aromatic nitrogens is 1. The molecule has 1 amide bonds. The zero-order chi connectivity index (χ0) is 22.1. The first kappa shape index (κ1) is 21.5. The quantitative estimate of drug-likeness (QED) is 0.519. The Kier molecular flexibility index (Phi) is 6.25. The standard InChI is InChI=1S/C22H27N5O3S2/c28-20-2-1-16(27(20)7-8-31-22-25-19(13-32-22)21(29)30)12-26-6-4-18-15(11-26)9-14-10-23-5-3-17(14)24-18/h3,10,13,16,23-24H,1-2,4-9,11-12H2,(H,29,30)/t16-/m1/s1. The molecule has 1 aromatic heterocycles. The van der Waals surface area contributed by atoms with Gasteiger partial charge in [0.05, 0.1) is 0 Å². The van der Waals surface area contributed by atoms with Crippen LogP contribution < -0.4 is 10.6 Å². The summed E-state index contributed by atoms with van der Waals surface area (Å²) in [4.78, 5) is 32.1. The molecule has 170 valence electrons. The highest BCUT2D eigenvalue weighted by Gasteiger charge is 2.34. The highest BCUT2D eigenvalue weighted by atomic mass is 32.2. The summed E-state index contributed by atoms with van der Waals surface area (Å²) in [5.74, 6) is -0.0471. The molecule has 0 saturated carbocycles. The molecule has 8 nitrogen and oxygen atoms in total. The summed E-state index contributed by atoms with van der Waals surface area (Å²) in [5, 5.41) is 17.5. The molecule has 0 aromatic carbocycles. The molecule has 0 unspecified atom stereocenters. The van der Waals surface area contributed by atoms with Crippen molar-refractivity contribution < 1.29 is 14.7 Å². The van der Waals surface area contributed by atoms with Crippen molar-refractivity contribution in [3.05, 3.63) is 45.9 Å². The number of thioether (sulfide) groups is 1. The molecule has 3 N–H and O–H groups in total. The molecule has 0 bridgehead atoms. The lowest BCUT2D eigenvalue weighted by Crippen LogP contribution is -2.46. The number of aromatic carboxylic acids is 1. The zero-order valence-electron chi connectivity index (χ0n) is 17.8. The summed E-state index contributed by atoms with van der Waals surface area (Å²) in [6, 6.07) is 0.249. The molecule has 10 heteroatoms. The number of amides is 1. The first-order chi connectivity index (χ1) is 15.6. The number of carbonyl (C=O) groups is 2. The van der Waals surface area contributed by atoms with Crippen LogP contribution in [0.3, 0.4) is 0 Å². The fourth-order valence-electron chi connectivity index (χ4n) is 4.82. The summed E-state index contributed by atoms with van der Waals surface area (Å²) < 4.78 is 0.741. The number of thiazole rings is 1. The summed E-state index contributed by atoms with van der Waals surface area (Å²) in [6.45, 7) is 4.44. The average Bonchev–Trinajstić information content (AvgIpc) is 3.40. The van der Waals surface area contributed by atoms with Crippen molar-refractivity contribution >= 4 is 35.0 Å². The minimum Gasteiger partial charge on any atom is -0.476 e. The van der Waals surface area contributed by atoms with E-state index in [1.807, 2.05) is 4.90 Å². The van der Waals surface area contributed by atoms with Crippen LogP contribution in [0.15, 0.2) is 44.5 Å². The summed E-state index contributed by atoms with van der Waals surface area (Å²) in [5.41, 5.74) is 5.53. The molecule has 32 heavy (non-hydrogen) atoms. The van der Waals surface area contributed by atoms with Gasteiger partial charge in [-0.25, -0.2) is 9.78 Å². The average molecular weight is 474 g/mol. The molecule has 0 spiro atoms. The lowest BCUT2D eigenvalue weighted by Gasteiger charge is -2.38. The van der Waals surface area contributed by atoms with Gasteiger partial charge in [-0.15, -0.1) is 11.3 Å². The number of carboxylic acids is 1. The van der Waals surface area contributed by atoms with Gasteiger partial charge in [-0.3, -0.25) is 9.69 Å². The lowest BCUT2D eigenvalue weighted by atomic mass is 9.91. The number of dihydropyridines is 1. The van der Waals surface area contributed by atoms with Crippen LogP contribution in [0.25, 0.3) is 0 Å². The van der Waals surface area contributed by atoms with Crippen molar-refractivity contribution in [3.63, 3.8) is 0 Å². The third-order valence-corrected chi connectivity index (χ3v) is 8.44. The molecule has 1 atom stereocenters. The van der Waals surface area contributed by atoms with Gasteiger partial charge in [0, 0.05) is 86.8 Å².